The maximum atomic E-state index is 13.6. The molecule has 5 rings (SSSR count). The molecule has 2 aromatic carbocycles. The van der Waals surface area contributed by atoms with E-state index in [1.54, 1.807) is 24.3 Å². The molecule has 0 bridgehead atoms. The molecule has 0 N–H and O–H groups in total. The summed E-state index contributed by atoms with van der Waals surface area (Å²) in [5, 5.41) is 0.783. The predicted molar refractivity (Wildman–Crippen MR) is 115 cm³/mol. The summed E-state index contributed by atoms with van der Waals surface area (Å²) in [5.74, 6) is 1.78. The zero-order chi connectivity index (χ0) is 20.7. The van der Waals surface area contributed by atoms with Gasteiger partial charge in [0, 0.05) is 30.7 Å². The van der Waals surface area contributed by atoms with Gasteiger partial charge in [-0.05, 0) is 37.0 Å². The van der Waals surface area contributed by atoms with Crippen molar-refractivity contribution in [1.82, 2.24) is 4.98 Å². The third-order valence-corrected chi connectivity index (χ3v) is 7.56. The maximum Gasteiger partial charge on any atom is 0.210 e. The molecule has 3 aromatic rings. The highest BCUT2D eigenvalue weighted by molar-refractivity contribution is 7.91. The number of ether oxygens (including phenoxy) is 2. The van der Waals surface area contributed by atoms with Gasteiger partial charge in [-0.25, -0.2) is 8.42 Å². The number of nitrogens with zero attached hydrogens (tertiary/aromatic N) is 2. The topological polar surface area (TPSA) is 68.7 Å². The molecule has 0 radical (unpaired) electrons. The number of benzene rings is 2. The van der Waals surface area contributed by atoms with Crippen LogP contribution in [0.3, 0.4) is 0 Å². The molecule has 0 unspecified atom stereocenters. The highest BCUT2D eigenvalue weighted by atomic mass is 32.2. The summed E-state index contributed by atoms with van der Waals surface area (Å²) in [6.07, 6.45) is 3.67. The molecule has 0 saturated carbocycles. The van der Waals surface area contributed by atoms with Gasteiger partial charge in [0.1, 0.15) is 18.1 Å². The number of anilines is 1. The lowest BCUT2D eigenvalue weighted by Crippen LogP contribution is -2.35. The Labute approximate surface area is 176 Å². The van der Waals surface area contributed by atoms with E-state index in [1.807, 2.05) is 18.2 Å². The lowest BCUT2D eigenvalue weighted by molar-refractivity contribution is 0.172. The molecule has 1 atom stereocenters. The second kappa shape index (κ2) is 7.47. The van der Waals surface area contributed by atoms with Crippen molar-refractivity contribution in [2.24, 2.45) is 5.92 Å². The van der Waals surface area contributed by atoms with Crippen LogP contribution in [0.1, 0.15) is 19.8 Å². The summed E-state index contributed by atoms with van der Waals surface area (Å²) >= 11 is 0. The van der Waals surface area contributed by atoms with Crippen LogP contribution in [0.15, 0.2) is 58.5 Å². The first-order chi connectivity index (χ1) is 14.5. The second-order valence-corrected chi connectivity index (χ2v) is 9.91. The van der Waals surface area contributed by atoms with E-state index in [0.717, 1.165) is 31.3 Å². The van der Waals surface area contributed by atoms with Gasteiger partial charge < -0.3 is 14.4 Å². The number of fused-ring (bicyclic) bond motifs is 2. The summed E-state index contributed by atoms with van der Waals surface area (Å²) in [6.45, 7) is 4.80. The Morgan fingerprint density at radius 3 is 2.53 bits per heavy atom. The number of aromatic nitrogens is 1. The third-order valence-electron chi connectivity index (χ3n) is 5.79. The highest BCUT2D eigenvalue weighted by Gasteiger charge is 2.29. The van der Waals surface area contributed by atoms with Crippen molar-refractivity contribution in [2.75, 3.05) is 31.2 Å². The van der Waals surface area contributed by atoms with Crippen LogP contribution in [-0.4, -0.2) is 39.7 Å². The molecule has 2 aliphatic heterocycles. The van der Waals surface area contributed by atoms with Gasteiger partial charge in [0.15, 0.2) is 11.5 Å². The molecule has 7 heteroatoms. The molecule has 6 nitrogen and oxygen atoms in total. The standard InChI is InChI=1S/C23H24N2O4S/c1-16-6-5-9-25(15-16)23-18-12-20-21(29-11-10-28-20)13-19(18)24-14-22(23)30(26,27)17-7-3-2-4-8-17/h2-4,7-8,12-14,16H,5-6,9-11,15H2,1H3/t16-/m1/s1. The van der Waals surface area contributed by atoms with Crippen LogP contribution in [0.25, 0.3) is 10.9 Å². The Balaban J connectivity index is 1.77. The summed E-state index contributed by atoms with van der Waals surface area (Å²) in [6, 6.07) is 12.3. The Kier molecular flexibility index (Phi) is 4.77. The molecule has 3 heterocycles. The Hall–Kier alpha value is -2.80. The zero-order valence-electron chi connectivity index (χ0n) is 16.9. The van der Waals surface area contributed by atoms with Crippen molar-refractivity contribution in [3.8, 4) is 11.5 Å². The van der Waals surface area contributed by atoms with E-state index < -0.39 is 9.84 Å². The van der Waals surface area contributed by atoms with E-state index in [4.69, 9.17) is 9.47 Å². The van der Waals surface area contributed by atoms with Crippen molar-refractivity contribution in [3.63, 3.8) is 0 Å². The first kappa shape index (κ1) is 19.2. The molecule has 1 saturated heterocycles. The summed E-state index contributed by atoms with van der Waals surface area (Å²) in [7, 11) is -3.73. The normalized spacial score (nSPS) is 19.1. The summed E-state index contributed by atoms with van der Waals surface area (Å²) in [5.41, 5.74) is 1.42. The maximum absolute atomic E-state index is 13.6. The van der Waals surface area contributed by atoms with Gasteiger partial charge in [-0.1, -0.05) is 25.1 Å². The fourth-order valence-corrected chi connectivity index (χ4v) is 5.79. The molecule has 0 amide bonds. The van der Waals surface area contributed by atoms with Crippen LogP contribution in [0.4, 0.5) is 5.69 Å². The van der Waals surface area contributed by atoms with Gasteiger partial charge in [-0.2, -0.15) is 0 Å². The second-order valence-electron chi connectivity index (χ2n) is 7.99. The van der Waals surface area contributed by atoms with Crippen LogP contribution >= 0.6 is 0 Å². The van der Waals surface area contributed by atoms with Crippen LogP contribution < -0.4 is 14.4 Å². The molecule has 0 spiro atoms. The lowest BCUT2D eigenvalue weighted by Gasteiger charge is -2.35. The van der Waals surface area contributed by atoms with Gasteiger partial charge in [0.2, 0.25) is 9.84 Å². The molecule has 156 valence electrons. The van der Waals surface area contributed by atoms with Crippen molar-refractivity contribution in [2.45, 2.75) is 29.6 Å². The number of pyridine rings is 1. The molecular weight excluding hydrogens is 400 g/mol. The minimum Gasteiger partial charge on any atom is -0.486 e. The Morgan fingerprint density at radius 2 is 1.80 bits per heavy atom. The summed E-state index contributed by atoms with van der Waals surface area (Å²) in [4.78, 5) is 7.23. The quantitative estimate of drug-likeness (QED) is 0.631. The molecule has 2 aliphatic rings. The van der Waals surface area contributed by atoms with Gasteiger partial charge in [-0.3, -0.25) is 4.98 Å². The predicted octanol–water partition coefficient (Wildman–Crippen LogP) is 4.08. The molecule has 1 fully saturated rings. The third kappa shape index (κ3) is 3.27. The van der Waals surface area contributed by atoms with Crippen molar-refractivity contribution < 1.29 is 17.9 Å². The highest BCUT2D eigenvalue weighted by Crippen LogP contribution is 2.42. The van der Waals surface area contributed by atoms with E-state index in [9.17, 15) is 8.42 Å². The van der Waals surface area contributed by atoms with E-state index in [1.165, 1.54) is 6.20 Å². The molecule has 30 heavy (non-hydrogen) atoms. The van der Waals surface area contributed by atoms with Gasteiger partial charge >= 0.3 is 0 Å². The van der Waals surface area contributed by atoms with Crippen LogP contribution in [0, 0.1) is 5.92 Å². The SMILES string of the molecule is C[C@@H]1CCCN(c2c(S(=O)(=O)c3ccccc3)cnc3cc4c(cc23)OCCO4)C1. The number of hydrogen-bond acceptors (Lipinski definition) is 6. The minimum absolute atomic E-state index is 0.243. The van der Waals surface area contributed by atoms with Gasteiger partial charge in [0.25, 0.3) is 0 Å². The van der Waals surface area contributed by atoms with Crippen LogP contribution in [-0.2, 0) is 9.84 Å². The molecular formula is C23H24N2O4S. The molecule has 1 aromatic heterocycles. The van der Waals surface area contributed by atoms with Crippen molar-refractivity contribution >= 4 is 26.4 Å². The lowest BCUT2D eigenvalue weighted by atomic mass is 9.99. The molecule has 0 aliphatic carbocycles. The number of rotatable bonds is 3. The smallest absolute Gasteiger partial charge is 0.210 e. The first-order valence-corrected chi connectivity index (χ1v) is 11.8. The van der Waals surface area contributed by atoms with E-state index in [2.05, 4.69) is 16.8 Å². The number of sulfone groups is 1. The Morgan fingerprint density at radius 1 is 1.07 bits per heavy atom. The van der Waals surface area contributed by atoms with Gasteiger partial charge in [0.05, 0.1) is 16.1 Å². The largest absolute Gasteiger partial charge is 0.486 e. The minimum atomic E-state index is -3.73. The van der Waals surface area contributed by atoms with E-state index in [0.29, 0.717) is 41.8 Å². The fraction of sp³-hybridized carbons (Fsp3) is 0.348. The van der Waals surface area contributed by atoms with Crippen LogP contribution in [0.5, 0.6) is 11.5 Å². The van der Waals surface area contributed by atoms with Crippen molar-refractivity contribution in [3.05, 3.63) is 48.7 Å². The number of piperidine rings is 1. The number of hydrogen-bond donors (Lipinski definition) is 0. The first-order valence-electron chi connectivity index (χ1n) is 10.3. The zero-order valence-corrected chi connectivity index (χ0v) is 17.7. The van der Waals surface area contributed by atoms with E-state index in [-0.39, 0.29) is 9.79 Å². The average Bonchev–Trinajstić information content (AvgIpc) is 2.77. The monoisotopic (exact) mass is 424 g/mol. The average molecular weight is 425 g/mol. The Bertz CT molecular complexity index is 1190. The van der Waals surface area contributed by atoms with E-state index >= 15 is 0 Å². The van der Waals surface area contributed by atoms with Gasteiger partial charge in [-0.15, -0.1) is 0 Å². The van der Waals surface area contributed by atoms with Crippen molar-refractivity contribution in [1.29, 1.82) is 0 Å². The van der Waals surface area contributed by atoms with Crippen LogP contribution in [0.2, 0.25) is 0 Å². The summed E-state index contributed by atoms with van der Waals surface area (Å²) < 4.78 is 38.7. The fourth-order valence-electron chi connectivity index (χ4n) is 4.34.